The van der Waals surface area contributed by atoms with Gasteiger partial charge >= 0.3 is 0 Å². The van der Waals surface area contributed by atoms with Crippen molar-refractivity contribution in [1.82, 2.24) is 20.4 Å². The molecule has 0 aliphatic rings. The summed E-state index contributed by atoms with van der Waals surface area (Å²) in [6.07, 6.45) is 3.82. The Bertz CT molecular complexity index is 983. The van der Waals surface area contributed by atoms with E-state index in [0.29, 0.717) is 36.3 Å². The molecule has 32 heavy (non-hydrogen) atoms. The van der Waals surface area contributed by atoms with Crippen molar-refractivity contribution >= 4 is 29.9 Å². The fourth-order valence-corrected chi connectivity index (χ4v) is 3.10. The van der Waals surface area contributed by atoms with Crippen molar-refractivity contribution in [3.63, 3.8) is 0 Å². The first-order chi connectivity index (χ1) is 15.2. The SMILES string of the molecule is CCNC(=NCc1cnn(-c2ccccc2)c1)NCc1cc(OC)c(OC)c(OC)c1.I. The molecule has 1 aromatic heterocycles. The Kier molecular flexibility index (Phi) is 10.1. The lowest BCUT2D eigenvalue weighted by molar-refractivity contribution is 0.323. The van der Waals surface area contributed by atoms with Crippen LogP contribution < -0.4 is 24.8 Å². The molecular formula is C23H30IN5O3. The van der Waals surface area contributed by atoms with Crippen LogP contribution in [0.4, 0.5) is 0 Å². The van der Waals surface area contributed by atoms with E-state index < -0.39 is 0 Å². The number of hydrogen-bond acceptors (Lipinski definition) is 5. The van der Waals surface area contributed by atoms with Crippen LogP contribution in [0.5, 0.6) is 17.2 Å². The number of hydrogen-bond donors (Lipinski definition) is 2. The molecule has 0 aliphatic heterocycles. The molecule has 2 N–H and O–H groups in total. The van der Waals surface area contributed by atoms with E-state index in [1.807, 2.05) is 66.5 Å². The summed E-state index contributed by atoms with van der Waals surface area (Å²) in [5, 5.41) is 11.0. The Morgan fingerprint density at radius 1 is 0.969 bits per heavy atom. The summed E-state index contributed by atoms with van der Waals surface area (Å²) in [6, 6.07) is 13.8. The van der Waals surface area contributed by atoms with E-state index >= 15 is 0 Å². The fraction of sp³-hybridized carbons (Fsp3) is 0.304. The van der Waals surface area contributed by atoms with E-state index in [9.17, 15) is 0 Å². The molecule has 0 unspecified atom stereocenters. The van der Waals surface area contributed by atoms with Crippen LogP contribution in [0.2, 0.25) is 0 Å². The van der Waals surface area contributed by atoms with Gasteiger partial charge in [0.05, 0.1) is 39.8 Å². The molecule has 0 saturated heterocycles. The summed E-state index contributed by atoms with van der Waals surface area (Å²) in [4.78, 5) is 4.68. The summed E-state index contributed by atoms with van der Waals surface area (Å²) in [7, 11) is 4.80. The van der Waals surface area contributed by atoms with Gasteiger partial charge in [0.2, 0.25) is 5.75 Å². The lowest BCUT2D eigenvalue weighted by Gasteiger charge is -2.15. The normalized spacial score (nSPS) is 10.8. The highest BCUT2D eigenvalue weighted by Crippen LogP contribution is 2.38. The first kappa shape index (κ1) is 25.3. The van der Waals surface area contributed by atoms with Crippen molar-refractivity contribution in [2.24, 2.45) is 4.99 Å². The first-order valence-electron chi connectivity index (χ1n) is 10.1. The van der Waals surface area contributed by atoms with Gasteiger partial charge in [-0.2, -0.15) is 5.10 Å². The standard InChI is InChI=1S/C23H29N5O3.HI/c1-5-24-23(25-13-17-11-20(29-2)22(31-4)21(12-17)30-3)26-14-18-15-27-28(16-18)19-9-7-6-8-10-19;/h6-12,15-16H,5,13-14H2,1-4H3,(H2,24,25,26);1H. The smallest absolute Gasteiger partial charge is 0.203 e. The van der Waals surface area contributed by atoms with E-state index in [-0.39, 0.29) is 24.0 Å². The Labute approximate surface area is 206 Å². The first-order valence-corrected chi connectivity index (χ1v) is 10.1. The van der Waals surface area contributed by atoms with Gasteiger partial charge in [-0.1, -0.05) is 18.2 Å². The molecule has 8 nitrogen and oxygen atoms in total. The zero-order valence-corrected chi connectivity index (χ0v) is 21.1. The molecule has 0 bridgehead atoms. The second-order valence-corrected chi connectivity index (χ2v) is 6.71. The monoisotopic (exact) mass is 551 g/mol. The highest BCUT2D eigenvalue weighted by atomic mass is 127. The highest BCUT2D eigenvalue weighted by molar-refractivity contribution is 14.0. The average Bonchev–Trinajstić information content (AvgIpc) is 3.29. The summed E-state index contributed by atoms with van der Waals surface area (Å²) < 4.78 is 18.1. The third-order valence-electron chi connectivity index (χ3n) is 4.61. The average molecular weight is 551 g/mol. The number of para-hydroxylation sites is 1. The van der Waals surface area contributed by atoms with Gasteiger partial charge in [0.25, 0.3) is 0 Å². The van der Waals surface area contributed by atoms with E-state index in [4.69, 9.17) is 14.2 Å². The van der Waals surface area contributed by atoms with Crippen molar-refractivity contribution in [3.8, 4) is 22.9 Å². The lowest BCUT2D eigenvalue weighted by Crippen LogP contribution is -2.36. The van der Waals surface area contributed by atoms with Gasteiger partial charge in [-0.15, -0.1) is 24.0 Å². The Morgan fingerprint density at radius 3 is 2.25 bits per heavy atom. The number of nitrogens with zero attached hydrogens (tertiary/aromatic N) is 3. The summed E-state index contributed by atoms with van der Waals surface area (Å²) in [6.45, 7) is 3.84. The Morgan fingerprint density at radius 2 is 1.66 bits per heavy atom. The van der Waals surface area contributed by atoms with Crippen molar-refractivity contribution in [2.45, 2.75) is 20.0 Å². The number of ether oxygens (including phenoxy) is 3. The number of guanidine groups is 1. The van der Waals surface area contributed by atoms with Gasteiger partial charge in [-0.25, -0.2) is 9.67 Å². The zero-order valence-electron chi connectivity index (χ0n) is 18.8. The quantitative estimate of drug-likeness (QED) is 0.240. The van der Waals surface area contributed by atoms with Crippen LogP contribution >= 0.6 is 24.0 Å². The number of rotatable bonds is 9. The molecule has 3 aromatic rings. The van der Waals surface area contributed by atoms with E-state index in [1.165, 1.54) is 0 Å². The van der Waals surface area contributed by atoms with Crippen LogP contribution in [-0.2, 0) is 13.1 Å². The number of nitrogens with one attached hydrogen (secondary N) is 2. The third-order valence-corrected chi connectivity index (χ3v) is 4.61. The number of aromatic nitrogens is 2. The largest absolute Gasteiger partial charge is 0.493 e. The third kappa shape index (κ3) is 6.52. The minimum atomic E-state index is 0. The highest BCUT2D eigenvalue weighted by Gasteiger charge is 2.13. The number of aliphatic imine (C=N–C) groups is 1. The van der Waals surface area contributed by atoms with Gasteiger partial charge in [0.15, 0.2) is 17.5 Å². The molecule has 0 radical (unpaired) electrons. The molecule has 0 spiro atoms. The molecule has 0 atom stereocenters. The Balaban J connectivity index is 0.00000363. The van der Waals surface area contributed by atoms with E-state index in [1.54, 1.807) is 21.3 Å². The summed E-state index contributed by atoms with van der Waals surface area (Å²) >= 11 is 0. The van der Waals surface area contributed by atoms with Gasteiger partial charge in [0, 0.05) is 24.8 Å². The molecule has 0 aliphatic carbocycles. The van der Waals surface area contributed by atoms with Gasteiger partial charge < -0.3 is 24.8 Å². The maximum atomic E-state index is 5.43. The van der Waals surface area contributed by atoms with Crippen LogP contribution in [-0.4, -0.2) is 43.6 Å². The zero-order chi connectivity index (χ0) is 22.1. The molecule has 3 rings (SSSR count). The molecule has 9 heteroatoms. The van der Waals surface area contributed by atoms with Crippen molar-refractivity contribution in [3.05, 3.63) is 66.0 Å². The predicted octanol–water partition coefficient (Wildman–Crippen LogP) is 3.77. The minimum Gasteiger partial charge on any atom is -0.493 e. The molecular weight excluding hydrogens is 521 g/mol. The van der Waals surface area contributed by atoms with Crippen molar-refractivity contribution in [1.29, 1.82) is 0 Å². The van der Waals surface area contributed by atoms with Gasteiger partial charge in [-0.3, -0.25) is 0 Å². The number of methoxy groups -OCH3 is 3. The predicted molar refractivity (Wildman–Crippen MR) is 137 cm³/mol. The molecule has 0 fully saturated rings. The van der Waals surface area contributed by atoms with Crippen LogP contribution in [0.3, 0.4) is 0 Å². The van der Waals surface area contributed by atoms with Gasteiger partial charge in [-0.05, 0) is 36.8 Å². The number of halogens is 1. The van der Waals surface area contributed by atoms with Crippen LogP contribution in [0.1, 0.15) is 18.1 Å². The minimum absolute atomic E-state index is 0. The van der Waals surface area contributed by atoms with Gasteiger partial charge in [0.1, 0.15) is 0 Å². The van der Waals surface area contributed by atoms with Crippen LogP contribution in [0.25, 0.3) is 5.69 Å². The topological polar surface area (TPSA) is 81.9 Å². The summed E-state index contributed by atoms with van der Waals surface area (Å²) in [5.74, 6) is 2.52. The molecule has 2 aromatic carbocycles. The molecule has 0 amide bonds. The summed E-state index contributed by atoms with van der Waals surface area (Å²) in [5.41, 5.74) is 3.02. The second kappa shape index (κ2) is 12.8. The van der Waals surface area contributed by atoms with Crippen molar-refractivity contribution in [2.75, 3.05) is 27.9 Å². The molecule has 1 heterocycles. The maximum absolute atomic E-state index is 5.43. The van der Waals surface area contributed by atoms with Crippen LogP contribution in [0, 0.1) is 0 Å². The van der Waals surface area contributed by atoms with E-state index in [0.717, 1.165) is 23.4 Å². The maximum Gasteiger partial charge on any atom is 0.203 e. The molecule has 172 valence electrons. The van der Waals surface area contributed by atoms with Crippen LogP contribution in [0.15, 0.2) is 59.9 Å². The lowest BCUT2D eigenvalue weighted by atomic mass is 10.2. The second-order valence-electron chi connectivity index (χ2n) is 6.71. The Hall–Kier alpha value is -2.95. The van der Waals surface area contributed by atoms with Crippen molar-refractivity contribution < 1.29 is 14.2 Å². The van der Waals surface area contributed by atoms with E-state index in [2.05, 4.69) is 20.7 Å². The fourth-order valence-electron chi connectivity index (χ4n) is 3.10. The number of benzene rings is 2. The molecule has 0 saturated carbocycles.